The molecule has 7 atom stereocenters. The van der Waals surface area contributed by atoms with Crippen molar-refractivity contribution in [3.05, 3.63) is 57.4 Å². The van der Waals surface area contributed by atoms with Crippen molar-refractivity contribution in [3.63, 3.8) is 0 Å². The number of aliphatic hydroxyl groups is 1. The van der Waals surface area contributed by atoms with Crippen molar-refractivity contribution >= 4 is 47.2 Å². The monoisotopic (exact) mass is 735 g/mol. The van der Waals surface area contributed by atoms with Crippen LogP contribution in [0.25, 0.3) is 0 Å². The lowest BCUT2D eigenvalue weighted by molar-refractivity contribution is -0.144. The molecule has 1 aliphatic heterocycles. The number of rotatable bonds is 9. The smallest absolute Gasteiger partial charge is 0.405 e. The molecule has 2 rings (SSSR count). The molecule has 0 saturated heterocycles. The van der Waals surface area contributed by atoms with Crippen LogP contribution in [-0.4, -0.2) is 105 Å². The Morgan fingerprint density at radius 1 is 1.08 bits per heavy atom. The predicted octanol–water partition coefficient (Wildman–Crippen LogP) is 2.15. The molecule has 2 bridgehead atoms. The van der Waals surface area contributed by atoms with Crippen LogP contribution in [0.3, 0.4) is 0 Å². The van der Waals surface area contributed by atoms with E-state index >= 15 is 0 Å². The van der Waals surface area contributed by atoms with Gasteiger partial charge in [-0.15, -0.1) is 11.8 Å². The Labute approximate surface area is 302 Å². The van der Waals surface area contributed by atoms with Gasteiger partial charge in [-0.25, -0.2) is 9.59 Å². The third-order valence-electron chi connectivity index (χ3n) is 8.32. The first-order valence-electron chi connectivity index (χ1n) is 16.1. The van der Waals surface area contributed by atoms with Crippen molar-refractivity contribution in [1.29, 1.82) is 0 Å². The highest BCUT2D eigenvalue weighted by Crippen LogP contribution is 2.36. The summed E-state index contributed by atoms with van der Waals surface area (Å²) in [5.41, 5.74) is 5.70. The number of fused-ring (bicyclic) bond motifs is 2. The molecule has 2 aliphatic rings. The first kappa shape index (κ1) is 42.9. The van der Waals surface area contributed by atoms with Crippen molar-refractivity contribution < 1.29 is 57.6 Å². The first-order chi connectivity index (χ1) is 24.0. The number of amides is 3. The number of thioether (sulfide) groups is 1. The zero-order valence-electron chi connectivity index (χ0n) is 30.4. The minimum Gasteiger partial charge on any atom is -0.492 e. The van der Waals surface area contributed by atoms with E-state index in [2.05, 4.69) is 10.6 Å². The number of carbonyl (C=O) groups excluding carboxylic acids is 6. The number of nitrogens with one attached hydrogen (secondary N) is 2. The van der Waals surface area contributed by atoms with E-state index in [0.29, 0.717) is 5.57 Å². The van der Waals surface area contributed by atoms with Crippen LogP contribution in [0.2, 0.25) is 0 Å². The summed E-state index contributed by atoms with van der Waals surface area (Å²) < 4.78 is 26.9. The topological polar surface area (TPSA) is 219 Å². The van der Waals surface area contributed by atoms with E-state index < -0.39 is 71.8 Å². The summed E-state index contributed by atoms with van der Waals surface area (Å²) in [4.78, 5) is 77.4. The van der Waals surface area contributed by atoms with E-state index in [1.807, 2.05) is 6.92 Å². The van der Waals surface area contributed by atoms with Crippen LogP contribution in [0.5, 0.6) is 0 Å². The quantitative estimate of drug-likeness (QED) is 0.152. The van der Waals surface area contributed by atoms with Gasteiger partial charge < -0.3 is 45.2 Å². The third-order valence-corrected chi connectivity index (χ3v) is 9.50. The molecule has 0 fully saturated rings. The van der Waals surface area contributed by atoms with Crippen LogP contribution in [0, 0.1) is 11.8 Å². The van der Waals surface area contributed by atoms with E-state index in [1.54, 1.807) is 19.9 Å². The van der Waals surface area contributed by atoms with Gasteiger partial charge in [-0.2, -0.15) is 0 Å². The number of Topliss-reactive ketones (excluding diaryl/α,β-unsaturated/α-hetero) is 2. The summed E-state index contributed by atoms with van der Waals surface area (Å²) in [5, 5.41) is 16.4. The summed E-state index contributed by atoms with van der Waals surface area (Å²) in [5.74, 6) is -4.75. The minimum absolute atomic E-state index is 0.00276. The van der Waals surface area contributed by atoms with Crippen LogP contribution >= 0.6 is 11.8 Å². The number of nitrogens with two attached hydrogens (primary N) is 1. The number of methoxy groups -OCH3 is 4. The Balaban J connectivity index is 2.75. The van der Waals surface area contributed by atoms with Gasteiger partial charge in [0.2, 0.25) is 17.5 Å². The molecule has 15 nitrogen and oxygen atoms in total. The second kappa shape index (κ2) is 20.0. The molecule has 0 spiro atoms. The van der Waals surface area contributed by atoms with E-state index in [-0.39, 0.29) is 52.0 Å². The van der Waals surface area contributed by atoms with Gasteiger partial charge in [-0.1, -0.05) is 38.2 Å². The molecule has 16 heteroatoms. The van der Waals surface area contributed by atoms with Crippen molar-refractivity contribution in [1.82, 2.24) is 10.6 Å². The van der Waals surface area contributed by atoms with Crippen LogP contribution in [-0.2, 0) is 47.7 Å². The van der Waals surface area contributed by atoms with E-state index in [9.17, 15) is 33.9 Å². The Kier molecular flexibility index (Phi) is 16.8. The fourth-order valence-electron chi connectivity index (χ4n) is 5.68. The Hall–Kier alpha value is -4.25. The molecule has 282 valence electrons. The molecule has 1 heterocycles. The van der Waals surface area contributed by atoms with Crippen molar-refractivity contribution in [2.24, 2.45) is 17.6 Å². The molecule has 0 aromatic heterocycles. The Bertz CT molecular complexity index is 1510. The highest BCUT2D eigenvalue weighted by atomic mass is 32.2. The van der Waals surface area contributed by atoms with Crippen molar-refractivity contribution in [2.75, 3.05) is 34.2 Å². The highest BCUT2D eigenvalue weighted by Gasteiger charge is 2.39. The predicted molar refractivity (Wildman–Crippen MR) is 188 cm³/mol. The van der Waals surface area contributed by atoms with Gasteiger partial charge in [0.1, 0.15) is 17.8 Å². The van der Waals surface area contributed by atoms with Gasteiger partial charge in [0.05, 0.1) is 31.3 Å². The molecule has 51 heavy (non-hydrogen) atoms. The van der Waals surface area contributed by atoms with Gasteiger partial charge in [0.15, 0.2) is 11.9 Å². The zero-order valence-corrected chi connectivity index (χ0v) is 31.2. The number of carbonyl (C=O) groups is 6. The number of hydrogen-bond acceptors (Lipinski definition) is 13. The zero-order chi connectivity index (χ0) is 38.6. The molecule has 1 unspecified atom stereocenters. The van der Waals surface area contributed by atoms with Crippen molar-refractivity contribution in [2.45, 2.75) is 77.9 Å². The molecule has 0 radical (unpaired) electrons. The lowest BCUT2D eigenvalue weighted by Crippen LogP contribution is -2.42. The van der Waals surface area contributed by atoms with Gasteiger partial charge >= 0.3 is 12.1 Å². The SMILES string of the molecule is COC(=O)C(CSC1=C2NC(=O)C(C)=CC=C[C@H](OC)[C@@H](OC(N)=O)C(C)=C[C@H](C)[C@@H](O)[C@@H](OC)C[C@H](C)CC(=C(OC)C1=O)C2=O)NC(C)=O. The maximum atomic E-state index is 14.2. The summed E-state index contributed by atoms with van der Waals surface area (Å²) in [6.07, 6.45) is 1.76. The van der Waals surface area contributed by atoms with Crippen LogP contribution in [0.1, 0.15) is 47.5 Å². The highest BCUT2D eigenvalue weighted by molar-refractivity contribution is 8.04. The maximum absolute atomic E-state index is 14.2. The normalized spacial score (nSPS) is 26.1. The fourth-order valence-corrected chi connectivity index (χ4v) is 6.75. The van der Waals surface area contributed by atoms with Gasteiger partial charge in [-0.3, -0.25) is 19.2 Å². The number of aliphatic hydroxyl groups excluding tert-OH is 1. The molecule has 1 aliphatic carbocycles. The van der Waals surface area contributed by atoms with E-state index in [0.717, 1.165) is 18.9 Å². The van der Waals surface area contributed by atoms with Gasteiger partial charge in [-0.05, 0) is 38.2 Å². The molecule has 5 N–H and O–H groups in total. The maximum Gasteiger partial charge on any atom is 0.405 e. The number of ketones is 2. The number of primary amides is 1. The first-order valence-corrected chi connectivity index (χ1v) is 17.1. The standard InChI is InChI=1S/C35H49N3O12S/c1-17-13-22-28(41)26(32(29(42)31(22)48-8)51-16-23(34(44)49-9)37-21(5)39)38-33(43)18(2)11-10-12-24(46-6)30(50-35(36)45)20(4)15-19(3)27(40)25(14-17)47-7/h10-12,15,17,19,23-25,27,30,40H,13-14,16H2,1-9H3,(H2,36,45)(H,37,39)(H,38,43)/t17-,19+,23?,24+,25+,27-,30+/m1/s1. The molecule has 0 aromatic rings. The summed E-state index contributed by atoms with van der Waals surface area (Å²) >= 11 is 0.770. The fraction of sp³-hybridized carbons (Fsp3) is 0.543. The lowest BCUT2D eigenvalue weighted by Gasteiger charge is -2.30. The average Bonchev–Trinajstić information content (AvgIpc) is 3.07. The van der Waals surface area contributed by atoms with E-state index in [4.69, 9.17) is 29.4 Å². The Morgan fingerprint density at radius 3 is 2.29 bits per heavy atom. The molecular formula is C35H49N3O12S. The van der Waals surface area contributed by atoms with E-state index in [1.165, 1.54) is 53.4 Å². The second-order valence-electron chi connectivity index (χ2n) is 12.3. The summed E-state index contributed by atoms with van der Waals surface area (Å²) in [7, 11) is 5.22. The summed E-state index contributed by atoms with van der Waals surface area (Å²) in [6.45, 7) is 7.96. The van der Waals surface area contributed by atoms with Crippen molar-refractivity contribution in [3.8, 4) is 0 Å². The number of esters is 1. The average molecular weight is 736 g/mol. The number of hydrogen-bond donors (Lipinski definition) is 4. The molecular weight excluding hydrogens is 686 g/mol. The Morgan fingerprint density at radius 2 is 1.75 bits per heavy atom. The second-order valence-corrected chi connectivity index (χ2v) is 13.3. The lowest BCUT2D eigenvalue weighted by atomic mass is 9.85. The number of allylic oxidation sites excluding steroid dienone is 4. The van der Waals surface area contributed by atoms with Crippen LogP contribution in [0.15, 0.2) is 57.4 Å². The largest absolute Gasteiger partial charge is 0.492 e. The molecule has 0 saturated carbocycles. The van der Waals surface area contributed by atoms with Gasteiger partial charge in [0, 0.05) is 44.0 Å². The molecule has 3 amide bonds. The molecule has 0 aromatic carbocycles. The third kappa shape index (κ3) is 11.6. The van der Waals surface area contributed by atoms with Gasteiger partial charge in [0.25, 0.3) is 5.91 Å². The number of ether oxygens (including phenoxy) is 5. The minimum atomic E-state index is -1.18. The summed E-state index contributed by atoms with van der Waals surface area (Å²) in [6, 6.07) is -1.18. The van der Waals surface area contributed by atoms with Crippen LogP contribution in [0.4, 0.5) is 4.79 Å². The van der Waals surface area contributed by atoms with Crippen LogP contribution < -0.4 is 16.4 Å².